The quantitative estimate of drug-likeness (QED) is 0.772. The lowest BCUT2D eigenvalue weighted by atomic mass is 10.2. The van der Waals surface area contributed by atoms with E-state index in [0.717, 1.165) is 17.7 Å². The molecule has 0 fully saturated rings. The fraction of sp³-hybridized carbons (Fsp3) is 0.250. The minimum atomic E-state index is -0.464. The first-order valence-corrected chi connectivity index (χ1v) is 7.14. The number of hydrogen-bond acceptors (Lipinski definition) is 3. The summed E-state index contributed by atoms with van der Waals surface area (Å²) in [4.78, 5) is 0. The molecule has 0 aromatic heterocycles. The highest BCUT2D eigenvalue weighted by molar-refractivity contribution is 6.31. The second kappa shape index (κ2) is 6.68. The van der Waals surface area contributed by atoms with Crippen LogP contribution < -0.4 is 15.8 Å². The predicted molar refractivity (Wildman–Crippen MR) is 86.1 cm³/mol. The van der Waals surface area contributed by atoms with Gasteiger partial charge in [0.15, 0.2) is 11.6 Å². The summed E-state index contributed by atoms with van der Waals surface area (Å²) in [6, 6.07) is 8.40. The highest BCUT2D eigenvalue weighted by atomic mass is 35.5. The van der Waals surface area contributed by atoms with Gasteiger partial charge in [0.1, 0.15) is 0 Å². The monoisotopic (exact) mass is 308 g/mol. The van der Waals surface area contributed by atoms with Crippen LogP contribution in [-0.4, -0.2) is 6.61 Å². The molecule has 0 bridgehead atoms. The predicted octanol–water partition coefficient (Wildman–Crippen LogP) is 4.90. The Morgan fingerprint density at radius 1 is 1.29 bits per heavy atom. The highest BCUT2D eigenvalue weighted by Gasteiger charge is 2.10. The fourth-order valence-electron chi connectivity index (χ4n) is 1.83. The van der Waals surface area contributed by atoms with Gasteiger partial charge in [-0.25, -0.2) is 4.39 Å². The molecule has 112 valence electrons. The first kappa shape index (κ1) is 15.4. The van der Waals surface area contributed by atoms with Crippen LogP contribution in [-0.2, 0) is 0 Å². The molecule has 2 rings (SSSR count). The smallest absolute Gasteiger partial charge is 0.167 e. The number of nitrogens with one attached hydrogen (secondary N) is 1. The van der Waals surface area contributed by atoms with E-state index in [-0.39, 0.29) is 5.75 Å². The largest absolute Gasteiger partial charge is 0.490 e. The van der Waals surface area contributed by atoms with Crippen molar-refractivity contribution in [2.45, 2.75) is 20.3 Å². The number of benzene rings is 2. The Kier molecular flexibility index (Phi) is 4.91. The van der Waals surface area contributed by atoms with Gasteiger partial charge in [0.25, 0.3) is 0 Å². The fourth-order valence-corrected chi connectivity index (χ4v) is 2.01. The third-order valence-corrected chi connectivity index (χ3v) is 3.42. The number of nitrogens with two attached hydrogens (primary N) is 1. The molecule has 0 radical (unpaired) electrons. The first-order valence-electron chi connectivity index (χ1n) is 6.76. The van der Waals surface area contributed by atoms with Crippen molar-refractivity contribution >= 4 is 28.7 Å². The van der Waals surface area contributed by atoms with Crippen molar-refractivity contribution < 1.29 is 9.13 Å². The first-order chi connectivity index (χ1) is 10.0. The Morgan fingerprint density at radius 2 is 2.05 bits per heavy atom. The lowest BCUT2D eigenvalue weighted by molar-refractivity contribution is 0.301. The normalized spacial score (nSPS) is 10.5. The molecule has 0 amide bonds. The summed E-state index contributed by atoms with van der Waals surface area (Å²) >= 11 is 6.09. The number of aryl methyl sites for hydroxylation is 1. The Labute approximate surface area is 128 Å². The van der Waals surface area contributed by atoms with Crippen LogP contribution in [0.25, 0.3) is 0 Å². The standard InChI is InChI=1S/C16H18ClFN2O/c1-3-6-21-16-9-15(14(19)8-13(16)18)20-11-5-4-10(2)12(17)7-11/h4-5,7-9,20H,3,6,19H2,1-2H3. The number of rotatable bonds is 5. The molecule has 2 aromatic carbocycles. The molecule has 0 saturated heterocycles. The van der Waals surface area contributed by atoms with Gasteiger partial charge in [0, 0.05) is 22.8 Å². The lowest BCUT2D eigenvalue weighted by Crippen LogP contribution is -2.02. The Hall–Kier alpha value is -1.94. The highest BCUT2D eigenvalue weighted by Crippen LogP contribution is 2.31. The van der Waals surface area contributed by atoms with E-state index in [1.165, 1.54) is 6.07 Å². The van der Waals surface area contributed by atoms with Gasteiger partial charge in [-0.15, -0.1) is 0 Å². The molecule has 5 heteroatoms. The molecule has 3 nitrogen and oxygen atoms in total. The van der Waals surface area contributed by atoms with Gasteiger partial charge in [-0.2, -0.15) is 0 Å². The van der Waals surface area contributed by atoms with E-state index in [9.17, 15) is 4.39 Å². The summed E-state index contributed by atoms with van der Waals surface area (Å²) in [5.74, 6) is -0.278. The lowest BCUT2D eigenvalue weighted by Gasteiger charge is -2.13. The van der Waals surface area contributed by atoms with Gasteiger partial charge in [-0.05, 0) is 31.0 Å². The summed E-state index contributed by atoms with van der Waals surface area (Å²) in [6.07, 6.45) is 0.806. The van der Waals surface area contributed by atoms with Crippen LogP contribution in [0.4, 0.5) is 21.5 Å². The number of hydrogen-bond donors (Lipinski definition) is 2. The van der Waals surface area contributed by atoms with Gasteiger partial charge >= 0.3 is 0 Å². The van der Waals surface area contributed by atoms with Crippen LogP contribution in [0.5, 0.6) is 5.75 Å². The van der Waals surface area contributed by atoms with Crippen LogP contribution in [0, 0.1) is 12.7 Å². The number of halogens is 2. The third-order valence-electron chi connectivity index (χ3n) is 3.02. The molecular formula is C16H18ClFN2O. The van der Waals surface area contributed by atoms with Crippen molar-refractivity contribution in [2.24, 2.45) is 0 Å². The van der Waals surface area contributed by atoms with E-state index in [1.54, 1.807) is 12.1 Å². The minimum absolute atomic E-state index is 0.187. The average molecular weight is 309 g/mol. The van der Waals surface area contributed by atoms with Crippen molar-refractivity contribution in [3.8, 4) is 5.75 Å². The minimum Gasteiger partial charge on any atom is -0.490 e. The van der Waals surface area contributed by atoms with E-state index < -0.39 is 5.82 Å². The third kappa shape index (κ3) is 3.79. The molecule has 0 saturated carbocycles. The van der Waals surface area contributed by atoms with E-state index in [1.807, 2.05) is 26.0 Å². The maximum atomic E-state index is 13.8. The van der Waals surface area contributed by atoms with Gasteiger partial charge in [0.05, 0.1) is 18.0 Å². The Morgan fingerprint density at radius 3 is 2.71 bits per heavy atom. The zero-order chi connectivity index (χ0) is 15.4. The average Bonchev–Trinajstić information content (AvgIpc) is 2.44. The number of ether oxygens (including phenoxy) is 1. The topological polar surface area (TPSA) is 47.3 Å². The van der Waals surface area contributed by atoms with Crippen molar-refractivity contribution in [3.05, 3.63) is 46.7 Å². The van der Waals surface area contributed by atoms with E-state index >= 15 is 0 Å². The summed E-state index contributed by atoms with van der Waals surface area (Å²) in [5.41, 5.74) is 8.51. The molecule has 2 aromatic rings. The maximum absolute atomic E-state index is 13.8. The van der Waals surface area contributed by atoms with Crippen molar-refractivity contribution in [1.82, 2.24) is 0 Å². The van der Waals surface area contributed by atoms with E-state index in [0.29, 0.717) is 23.0 Å². The summed E-state index contributed by atoms with van der Waals surface area (Å²) in [6.45, 7) is 4.34. The maximum Gasteiger partial charge on any atom is 0.167 e. The molecule has 0 aliphatic heterocycles. The van der Waals surface area contributed by atoms with Crippen LogP contribution in [0.2, 0.25) is 5.02 Å². The van der Waals surface area contributed by atoms with Crippen LogP contribution >= 0.6 is 11.6 Å². The molecule has 0 unspecified atom stereocenters. The van der Waals surface area contributed by atoms with E-state index in [4.69, 9.17) is 22.1 Å². The molecule has 0 aliphatic carbocycles. The molecule has 0 aliphatic rings. The molecular weight excluding hydrogens is 291 g/mol. The van der Waals surface area contributed by atoms with Crippen molar-refractivity contribution in [3.63, 3.8) is 0 Å². The Bertz CT molecular complexity index is 646. The second-order valence-electron chi connectivity index (χ2n) is 4.81. The zero-order valence-corrected chi connectivity index (χ0v) is 12.8. The molecule has 0 atom stereocenters. The van der Waals surface area contributed by atoms with Crippen LogP contribution in [0.1, 0.15) is 18.9 Å². The SMILES string of the molecule is CCCOc1cc(Nc2ccc(C)c(Cl)c2)c(N)cc1F. The van der Waals surface area contributed by atoms with Crippen molar-refractivity contribution in [2.75, 3.05) is 17.7 Å². The molecule has 0 spiro atoms. The molecule has 3 N–H and O–H groups in total. The molecule has 21 heavy (non-hydrogen) atoms. The van der Waals surface area contributed by atoms with Gasteiger partial charge in [-0.1, -0.05) is 24.6 Å². The van der Waals surface area contributed by atoms with E-state index in [2.05, 4.69) is 5.32 Å². The molecule has 0 heterocycles. The van der Waals surface area contributed by atoms with Gasteiger partial charge in [-0.3, -0.25) is 0 Å². The Balaban J connectivity index is 2.28. The number of anilines is 3. The summed E-state index contributed by atoms with van der Waals surface area (Å²) in [5, 5.41) is 3.78. The summed E-state index contributed by atoms with van der Waals surface area (Å²) < 4.78 is 19.1. The van der Waals surface area contributed by atoms with Gasteiger partial charge in [0.2, 0.25) is 0 Å². The zero-order valence-electron chi connectivity index (χ0n) is 12.0. The summed E-state index contributed by atoms with van der Waals surface area (Å²) in [7, 11) is 0. The second-order valence-corrected chi connectivity index (χ2v) is 5.21. The van der Waals surface area contributed by atoms with Crippen LogP contribution in [0.15, 0.2) is 30.3 Å². The van der Waals surface area contributed by atoms with Crippen LogP contribution in [0.3, 0.4) is 0 Å². The van der Waals surface area contributed by atoms with Crippen molar-refractivity contribution in [1.29, 1.82) is 0 Å². The number of nitrogen functional groups attached to an aromatic ring is 1. The van der Waals surface area contributed by atoms with Gasteiger partial charge < -0.3 is 15.8 Å².